The second kappa shape index (κ2) is 5.48. The number of benzene rings is 1. The number of nitrogen functional groups attached to an aromatic ring is 1. The number of hydrogen-bond acceptors (Lipinski definition) is 2. The highest BCUT2D eigenvalue weighted by molar-refractivity contribution is 5.80. The minimum Gasteiger partial charge on any atom is -0.399 e. The summed E-state index contributed by atoms with van der Waals surface area (Å²) in [5.74, 6) is 0.579. The molecule has 0 radical (unpaired) electrons. The van der Waals surface area contributed by atoms with Crippen molar-refractivity contribution in [3.63, 3.8) is 0 Å². The van der Waals surface area contributed by atoms with E-state index in [1.54, 1.807) is 0 Å². The number of nitrogens with zero attached hydrogens (tertiary/aromatic N) is 1. The maximum absolute atomic E-state index is 5.64. The Balaban J connectivity index is 1.95. The SMILES string of the molecule is CC1CC=CC=C1C=NCc1ccc(N)cc1. The van der Waals surface area contributed by atoms with Gasteiger partial charge < -0.3 is 5.73 Å². The van der Waals surface area contributed by atoms with Crippen LogP contribution in [0.3, 0.4) is 0 Å². The van der Waals surface area contributed by atoms with E-state index in [2.05, 4.69) is 30.1 Å². The third kappa shape index (κ3) is 3.31. The van der Waals surface area contributed by atoms with Crippen LogP contribution in [0.4, 0.5) is 5.69 Å². The standard InChI is InChI=1S/C15H18N2/c1-12-4-2-3-5-14(12)11-17-10-13-6-8-15(16)9-7-13/h2-3,5-9,11-12H,4,10,16H2,1H3. The molecule has 0 heterocycles. The van der Waals surface area contributed by atoms with Crippen LogP contribution in [0, 0.1) is 5.92 Å². The molecule has 88 valence electrons. The van der Waals surface area contributed by atoms with Gasteiger partial charge in [-0.1, -0.05) is 37.3 Å². The summed E-state index contributed by atoms with van der Waals surface area (Å²) in [6, 6.07) is 7.86. The van der Waals surface area contributed by atoms with Gasteiger partial charge in [0.25, 0.3) is 0 Å². The summed E-state index contributed by atoms with van der Waals surface area (Å²) < 4.78 is 0. The minimum atomic E-state index is 0.579. The molecule has 2 N–H and O–H groups in total. The Bertz CT molecular complexity index is 452. The average Bonchev–Trinajstić information content (AvgIpc) is 2.34. The molecule has 0 aromatic heterocycles. The lowest BCUT2D eigenvalue weighted by atomic mass is 9.94. The van der Waals surface area contributed by atoms with Gasteiger partial charge in [0.1, 0.15) is 0 Å². The van der Waals surface area contributed by atoms with Gasteiger partial charge in [0.15, 0.2) is 0 Å². The Morgan fingerprint density at radius 3 is 2.82 bits per heavy atom. The van der Waals surface area contributed by atoms with Crippen molar-refractivity contribution in [1.29, 1.82) is 0 Å². The van der Waals surface area contributed by atoms with E-state index in [0.29, 0.717) is 12.5 Å². The molecule has 0 spiro atoms. The first kappa shape index (κ1) is 11.6. The Kier molecular flexibility index (Phi) is 3.76. The van der Waals surface area contributed by atoms with Crippen molar-refractivity contribution in [2.24, 2.45) is 10.9 Å². The first-order chi connectivity index (χ1) is 8.25. The molecule has 0 amide bonds. The van der Waals surface area contributed by atoms with Crippen LogP contribution in [0.25, 0.3) is 0 Å². The van der Waals surface area contributed by atoms with Crippen molar-refractivity contribution in [3.8, 4) is 0 Å². The maximum Gasteiger partial charge on any atom is 0.0639 e. The van der Waals surface area contributed by atoms with E-state index < -0.39 is 0 Å². The molecule has 2 rings (SSSR count). The van der Waals surface area contributed by atoms with E-state index in [1.807, 2.05) is 30.5 Å². The lowest BCUT2D eigenvalue weighted by Crippen LogP contribution is -2.02. The number of nitrogens with two attached hydrogens (primary N) is 1. The molecule has 0 fully saturated rings. The van der Waals surface area contributed by atoms with Crippen molar-refractivity contribution < 1.29 is 0 Å². The van der Waals surface area contributed by atoms with Gasteiger partial charge in [-0.3, -0.25) is 4.99 Å². The van der Waals surface area contributed by atoms with E-state index >= 15 is 0 Å². The summed E-state index contributed by atoms with van der Waals surface area (Å²) in [5, 5.41) is 0. The number of allylic oxidation sites excluding steroid dienone is 4. The quantitative estimate of drug-likeness (QED) is 0.623. The van der Waals surface area contributed by atoms with Gasteiger partial charge in [-0.2, -0.15) is 0 Å². The first-order valence-corrected chi connectivity index (χ1v) is 5.96. The zero-order valence-electron chi connectivity index (χ0n) is 10.1. The number of aliphatic imine (C=N–C) groups is 1. The fourth-order valence-electron chi connectivity index (χ4n) is 1.81. The van der Waals surface area contributed by atoms with E-state index in [0.717, 1.165) is 12.1 Å². The van der Waals surface area contributed by atoms with E-state index in [4.69, 9.17) is 5.73 Å². The summed E-state index contributed by atoms with van der Waals surface area (Å²) in [6.07, 6.45) is 9.54. The predicted molar refractivity (Wildman–Crippen MR) is 74.1 cm³/mol. The Hall–Kier alpha value is -1.83. The number of hydrogen-bond donors (Lipinski definition) is 1. The molecule has 1 aliphatic rings. The molecular formula is C15H18N2. The van der Waals surface area contributed by atoms with Crippen LogP contribution in [-0.2, 0) is 6.54 Å². The molecule has 1 aromatic rings. The largest absolute Gasteiger partial charge is 0.399 e. The molecule has 17 heavy (non-hydrogen) atoms. The summed E-state index contributed by atoms with van der Waals surface area (Å²) in [6.45, 7) is 2.94. The molecule has 0 bridgehead atoms. The first-order valence-electron chi connectivity index (χ1n) is 5.96. The molecular weight excluding hydrogens is 208 g/mol. The topological polar surface area (TPSA) is 38.4 Å². The van der Waals surface area contributed by atoms with Crippen LogP contribution in [-0.4, -0.2) is 6.21 Å². The zero-order chi connectivity index (χ0) is 12.1. The van der Waals surface area contributed by atoms with Crippen LogP contribution >= 0.6 is 0 Å². The van der Waals surface area contributed by atoms with Gasteiger partial charge in [0.2, 0.25) is 0 Å². The van der Waals surface area contributed by atoms with Crippen LogP contribution < -0.4 is 5.73 Å². The molecule has 0 saturated heterocycles. The molecule has 1 atom stereocenters. The molecule has 1 unspecified atom stereocenters. The summed E-state index contributed by atoms with van der Waals surface area (Å²) in [4.78, 5) is 4.48. The van der Waals surface area contributed by atoms with E-state index in [9.17, 15) is 0 Å². The second-order valence-electron chi connectivity index (χ2n) is 4.44. The smallest absolute Gasteiger partial charge is 0.0639 e. The molecule has 2 heteroatoms. The normalized spacial score (nSPS) is 19.6. The van der Waals surface area contributed by atoms with Crippen molar-refractivity contribution in [2.45, 2.75) is 19.9 Å². The summed E-state index contributed by atoms with van der Waals surface area (Å²) in [7, 11) is 0. The molecule has 0 aliphatic heterocycles. The van der Waals surface area contributed by atoms with Crippen molar-refractivity contribution in [2.75, 3.05) is 5.73 Å². The third-order valence-electron chi connectivity index (χ3n) is 2.98. The average molecular weight is 226 g/mol. The third-order valence-corrected chi connectivity index (χ3v) is 2.98. The Morgan fingerprint density at radius 1 is 1.35 bits per heavy atom. The van der Waals surface area contributed by atoms with Gasteiger partial charge in [0.05, 0.1) is 6.54 Å². The summed E-state index contributed by atoms with van der Waals surface area (Å²) >= 11 is 0. The zero-order valence-corrected chi connectivity index (χ0v) is 10.1. The molecule has 0 saturated carbocycles. The minimum absolute atomic E-state index is 0.579. The van der Waals surface area contributed by atoms with E-state index in [1.165, 1.54) is 11.1 Å². The number of anilines is 1. The van der Waals surface area contributed by atoms with E-state index in [-0.39, 0.29) is 0 Å². The highest BCUT2D eigenvalue weighted by atomic mass is 14.7. The summed E-state index contributed by atoms with van der Waals surface area (Å²) in [5.41, 5.74) is 8.93. The highest BCUT2D eigenvalue weighted by Crippen LogP contribution is 2.18. The Morgan fingerprint density at radius 2 is 2.12 bits per heavy atom. The van der Waals surface area contributed by atoms with Gasteiger partial charge in [0, 0.05) is 11.9 Å². The van der Waals surface area contributed by atoms with Crippen LogP contribution in [0.15, 0.2) is 53.1 Å². The van der Waals surface area contributed by atoms with Crippen molar-refractivity contribution >= 4 is 11.9 Å². The van der Waals surface area contributed by atoms with Gasteiger partial charge in [-0.25, -0.2) is 0 Å². The van der Waals surface area contributed by atoms with Gasteiger partial charge >= 0.3 is 0 Å². The molecule has 2 nitrogen and oxygen atoms in total. The van der Waals surface area contributed by atoms with Crippen LogP contribution in [0.5, 0.6) is 0 Å². The van der Waals surface area contributed by atoms with Gasteiger partial charge in [-0.05, 0) is 35.6 Å². The number of rotatable bonds is 3. The predicted octanol–water partition coefficient (Wildman–Crippen LogP) is 3.36. The lowest BCUT2D eigenvalue weighted by molar-refractivity contribution is 0.715. The lowest BCUT2D eigenvalue weighted by Gasteiger charge is -2.12. The highest BCUT2D eigenvalue weighted by Gasteiger charge is 2.06. The van der Waals surface area contributed by atoms with Gasteiger partial charge in [-0.15, -0.1) is 0 Å². The van der Waals surface area contributed by atoms with Crippen LogP contribution in [0.1, 0.15) is 18.9 Å². The fraction of sp³-hybridized carbons (Fsp3) is 0.267. The van der Waals surface area contributed by atoms with Crippen LogP contribution in [0.2, 0.25) is 0 Å². The fourth-order valence-corrected chi connectivity index (χ4v) is 1.81. The van der Waals surface area contributed by atoms with Crippen molar-refractivity contribution in [3.05, 3.63) is 53.6 Å². The van der Waals surface area contributed by atoms with Crippen molar-refractivity contribution in [1.82, 2.24) is 0 Å². The maximum atomic E-state index is 5.64. The molecule has 1 aromatic carbocycles. The monoisotopic (exact) mass is 226 g/mol. The molecule has 1 aliphatic carbocycles. The second-order valence-corrected chi connectivity index (χ2v) is 4.44. The Labute approximate surface area is 103 Å².